The molecule has 0 saturated carbocycles. The summed E-state index contributed by atoms with van der Waals surface area (Å²) >= 11 is 0. The maximum absolute atomic E-state index is 12.1. The standard InChI is InChI=1S/C8H8F3N3/c1-5(12)14-7-3-2-6(4-13-7)8(9,10)11/h2-4H,1H3,(H2,12,13,14). The molecular weight excluding hydrogens is 195 g/mol. The zero-order valence-electron chi connectivity index (χ0n) is 7.34. The van der Waals surface area contributed by atoms with Gasteiger partial charge in [-0.15, -0.1) is 0 Å². The minimum atomic E-state index is -4.37. The van der Waals surface area contributed by atoms with Crippen molar-refractivity contribution in [2.75, 3.05) is 0 Å². The molecule has 0 atom stereocenters. The van der Waals surface area contributed by atoms with Gasteiger partial charge in [0.05, 0.1) is 11.4 Å². The lowest BCUT2D eigenvalue weighted by molar-refractivity contribution is -0.137. The molecule has 0 spiro atoms. The van der Waals surface area contributed by atoms with Crippen LogP contribution in [0.1, 0.15) is 12.5 Å². The zero-order valence-corrected chi connectivity index (χ0v) is 7.34. The summed E-state index contributed by atoms with van der Waals surface area (Å²) in [6, 6.07) is 2.08. The average Bonchev–Trinajstić information content (AvgIpc) is 2.02. The minimum absolute atomic E-state index is 0.165. The molecule has 0 fully saturated rings. The van der Waals surface area contributed by atoms with Gasteiger partial charge in [0.25, 0.3) is 0 Å². The molecule has 1 rings (SSSR count). The summed E-state index contributed by atoms with van der Waals surface area (Å²) in [5, 5.41) is 0. The van der Waals surface area contributed by atoms with Crippen LogP contribution in [0.5, 0.6) is 0 Å². The lowest BCUT2D eigenvalue weighted by Gasteiger charge is -2.04. The van der Waals surface area contributed by atoms with E-state index < -0.39 is 11.7 Å². The van der Waals surface area contributed by atoms with Crippen LogP contribution < -0.4 is 5.73 Å². The van der Waals surface area contributed by atoms with Crippen molar-refractivity contribution in [2.24, 2.45) is 10.7 Å². The van der Waals surface area contributed by atoms with Crippen LogP contribution in [0.3, 0.4) is 0 Å². The highest BCUT2D eigenvalue weighted by Gasteiger charge is 2.30. The molecule has 0 aliphatic rings. The van der Waals surface area contributed by atoms with Crippen molar-refractivity contribution in [1.29, 1.82) is 0 Å². The summed E-state index contributed by atoms with van der Waals surface area (Å²) in [4.78, 5) is 7.20. The van der Waals surface area contributed by atoms with Crippen molar-refractivity contribution in [1.82, 2.24) is 4.98 Å². The van der Waals surface area contributed by atoms with Gasteiger partial charge < -0.3 is 5.73 Å². The van der Waals surface area contributed by atoms with Crippen LogP contribution in [0, 0.1) is 0 Å². The van der Waals surface area contributed by atoms with Gasteiger partial charge >= 0.3 is 6.18 Å². The molecule has 6 heteroatoms. The monoisotopic (exact) mass is 203 g/mol. The van der Waals surface area contributed by atoms with Crippen molar-refractivity contribution in [3.8, 4) is 0 Å². The van der Waals surface area contributed by atoms with E-state index in [1.807, 2.05) is 0 Å². The van der Waals surface area contributed by atoms with Crippen molar-refractivity contribution < 1.29 is 13.2 Å². The molecule has 0 bridgehead atoms. The molecule has 0 aromatic carbocycles. The number of nitrogens with zero attached hydrogens (tertiary/aromatic N) is 2. The SMILES string of the molecule is CC(N)=Nc1ccc(C(F)(F)F)cn1. The third-order valence-electron chi connectivity index (χ3n) is 1.37. The first-order valence-corrected chi connectivity index (χ1v) is 3.73. The van der Waals surface area contributed by atoms with Gasteiger partial charge in [0.1, 0.15) is 0 Å². The van der Waals surface area contributed by atoms with E-state index in [4.69, 9.17) is 5.73 Å². The first-order valence-electron chi connectivity index (χ1n) is 3.73. The number of hydrogen-bond donors (Lipinski definition) is 1. The molecule has 0 radical (unpaired) electrons. The fraction of sp³-hybridized carbons (Fsp3) is 0.250. The third-order valence-corrected chi connectivity index (χ3v) is 1.37. The molecule has 76 valence electrons. The topological polar surface area (TPSA) is 51.3 Å². The maximum atomic E-state index is 12.1. The molecule has 0 aliphatic carbocycles. The van der Waals surface area contributed by atoms with Crippen LogP contribution in [0.25, 0.3) is 0 Å². The third kappa shape index (κ3) is 2.72. The molecule has 1 aromatic rings. The van der Waals surface area contributed by atoms with Crippen molar-refractivity contribution in [2.45, 2.75) is 13.1 Å². The Kier molecular flexibility index (Phi) is 2.73. The van der Waals surface area contributed by atoms with Gasteiger partial charge in [-0.25, -0.2) is 9.98 Å². The number of hydrogen-bond acceptors (Lipinski definition) is 2. The largest absolute Gasteiger partial charge is 0.417 e. The fourth-order valence-corrected chi connectivity index (χ4v) is 0.801. The summed E-state index contributed by atoms with van der Waals surface area (Å²) < 4.78 is 36.2. The number of alkyl halides is 3. The summed E-state index contributed by atoms with van der Waals surface area (Å²) in [6.07, 6.45) is -3.64. The molecule has 1 aromatic heterocycles. The van der Waals surface area contributed by atoms with E-state index in [0.717, 1.165) is 12.3 Å². The predicted molar refractivity (Wildman–Crippen MR) is 46.2 cm³/mol. The number of amidine groups is 1. The zero-order chi connectivity index (χ0) is 10.8. The molecule has 0 unspecified atom stereocenters. The van der Waals surface area contributed by atoms with Crippen molar-refractivity contribution in [3.05, 3.63) is 23.9 Å². The Bertz CT molecular complexity index is 336. The first kappa shape index (κ1) is 10.5. The summed E-state index contributed by atoms with van der Waals surface area (Å²) in [5.74, 6) is 0.412. The van der Waals surface area contributed by atoms with Crippen LogP contribution in [-0.4, -0.2) is 10.8 Å². The van der Waals surface area contributed by atoms with Gasteiger partial charge in [-0.3, -0.25) is 0 Å². The molecule has 0 amide bonds. The van der Waals surface area contributed by atoms with Crippen LogP contribution in [0.15, 0.2) is 23.3 Å². The molecule has 3 nitrogen and oxygen atoms in total. The van der Waals surface area contributed by atoms with E-state index in [2.05, 4.69) is 9.98 Å². The van der Waals surface area contributed by atoms with Crippen LogP contribution in [0.2, 0.25) is 0 Å². The van der Waals surface area contributed by atoms with E-state index in [1.54, 1.807) is 0 Å². The van der Waals surface area contributed by atoms with E-state index >= 15 is 0 Å². The first-order chi connectivity index (χ1) is 6.39. The Balaban J connectivity index is 2.95. The van der Waals surface area contributed by atoms with Gasteiger partial charge in [-0.1, -0.05) is 0 Å². The van der Waals surface area contributed by atoms with Crippen LogP contribution in [-0.2, 0) is 6.18 Å². The smallest absolute Gasteiger partial charge is 0.387 e. The number of nitrogens with two attached hydrogens (primary N) is 1. The quantitative estimate of drug-likeness (QED) is 0.561. The van der Waals surface area contributed by atoms with Crippen LogP contribution >= 0.6 is 0 Å². The summed E-state index contributed by atoms with van der Waals surface area (Å²) in [6.45, 7) is 1.53. The number of aromatic nitrogens is 1. The Labute approximate surface area is 78.5 Å². The number of halogens is 3. The summed E-state index contributed by atoms with van der Waals surface area (Å²) in [7, 11) is 0. The highest BCUT2D eigenvalue weighted by molar-refractivity contribution is 5.79. The Morgan fingerprint density at radius 1 is 1.43 bits per heavy atom. The number of aliphatic imine (C=N–C) groups is 1. The lowest BCUT2D eigenvalue weighted by atomic mass is 10.3. The molecule has 14 heavy (non-hydrogen) atoms. The number of rotatable bonds is 1. The summed E-state index contributed by atoms with van der Waals surface area (Å²) in [5.41, 5.74) is 4.44. The normalized spacial score (nSPS) is 13.0. The highest BCUT2D eigenvalue weighted by Crippen LogP contribution is 2.29. The molecule has 1 heterocycles. The van der Waals surface area contributed by atoms with Gasteiger partial charge in [0.2, 0.25) is 0 Å². The van der Waals surface area contributed by atoms with Gasteiger partial charge in [0, 0.05) is 6.20 Å². The second-order valence-electron chi connectivity index (χ2n) is 2.66. The Morgan fingerprint density at radius 3 is 2.43 bits per heavy atom. The Morgan fingerprint density at radius 2 is 2.07 bits per heavy atom. The van der Waals surface area contributed by atoms with Crippen molar-refractivity contribution in [3.63, 3.8) is 0 Å². The van der Waals surface area contributed by atoms with E-state index in [1.165, 1.54) is 13.0 Å². The maximum Gasteiger partial charge on any atom is 0.417 e. The number of pyridine rings is 1. The minimum Gasteiger partial charge on any atom is -0.387 e. The van der Waals surface area contributed by atoms with Crippen LogP contribution in [0.4, 0.5) is 19.0 Å². The van der Waals surface area contributed by atoms with Gasteiger partial charge in [-0.05, 0) is 19.1 Å². The second-order valence-corrected chi connectivity index (χ2v) is 2.66. The lowest BCUT2D eigenvalue weighted by Crippen LogP contribution is -2.06. The Hall–Kier alpha value is -1.59. The second kappa shape index (κ2) is 3.65. The van der Waals surface area contributed by atoms with E-state index in [0.29, 0.717) is 0 Å². The van der Waals surface area contributed by atoms with E-state index in [-0.39, 0.29) is 11.7 Å². The molecule has 2 N–H and O–H groups in total. The van der Waals surface area contributed by atoms with E-state index in [9.17, 15) is 13.2 Å². The highest BCUT2D eigenvalue weighted by atomic mass is 19.4. The molecule has 0 saturated heterocycles. The predicted octanol–water partition coefficient (Wildman–Crippen LogP) is 2.11. The molecular formula is C8H8F3N3. The van der Waals surface area contributed by atoms with Crippen molar-refractivity contribution >= 4 is 11.7 Å². The fourth-order valence-electron chi connectivity index (χ4n) is 0.801. The molecule has 0 aliphatic heterocycles. The average molecular weight is 203 g/mol. The van der Waals surface area contributed by atoms with Gasteiger partial charge in [-0.2, -0.15) is 13.2 Å². The van der Waals surface area contributed by atoms with Gasteiger partial charge in [0.15, 0.2) is 5.82 Å².